The molecule has 1 heteroatoms. The van der Waals surface area contributed by atoms with Gasteiger partial charge in [0.15, 0.2) is 0 Å². The van der Waals surface area contributed by atoms with E-state index in [0.717, 1.165) is 0 Å². The molecule has 0 heterocycles. The second kappa shape index (κ2) is 15.1. The molecule has 6 aliphatic rings. The molecule has 4 aromatic carbocycles. The van der Waals surface area contributed by atoms with Gasteiger partial charge >= 0.3 is 0 Å². The van der Waals surface area contributed by atoms with E-state index in [0.29, 0.717) is 46.6 Å². The van der Waals surface area contributed by atoms with Crippen LogP contribution >= 0.6 is 0 Å². The van der Waals surface area contributed by atoms with Gasteiger partial charge in [0.05, 0.1) is 8.07 Å². The van der Waals surface area contributed by atoms with Gasteiger partial charge in [-0.25, -0.2) is 0 Å². The van der Waals surface area contributed by atoms with Gasteiger partial charge in [-0.05, 0) is 220 Å². The second-order valence-corrected chi connectivity index (χ2v) is 27.3. The zero-order chi connectivity index (χ0) is 42.8. The van der Waals surface area contributed by atoms with Gasteiger partial charge in [0, 0.05) is 0 Å². The van der Waals surface area contributed by atoms with E-state index in [2.05, 4.69) is 155 Å². The maximum atomic E-state index is 2.93. The van der Waals surface area contributed by atoms with Crippen molar-refractivity contribution in [3.63, 3.8) is 0 Å². The average molecular weight is 821 g/mol. The third-order valence-corrected chi connectivity index (χ3v) is 22.4. The molecule has 0 bridgehead atoms. The molecule has 316 valence electrons. The Hall–Kier alpha value is -3.94. The van der Waals surface area contributed by atoms with Gasteiger partial charge in [-0.1, -0.05) is 144 Å². The fourth-order valence-corrected chi connectivity index (χ4v) is 22.4. The molecule has 0 aliphatic heterocycles. The van der Waals surface area contributed by atoms with Crippen LogP contribution in [0, 0.1) is 90.9 Å². The van der Waals surface area contributed by atoms with Gasteiger partial charge in [0.2, 0.25) is 0 Å². The van der Waals surface area contributed by atoms with Crippen molar-refractivity contribution in [2.75, 3.05) is 0 Å². The summed E-state index contributed by atoms with van der Waals surface area (Å²) in [6, 6.07) is 30.1. The van der Waals surface area contributed by atoms with E-state index in [1.165, 1.54) is 107 Å². The lowest BCUT2D eigenvalue weighted by molar-refractivity contribution is 0.503. The lowest BCUT2D eigenvalue weighted by Crippen LogP contribution is -2.47. The normalized spacial score (nSPS) is 28.5. The quantitative estimate of drug-likeness (QED) is 0.170. The van der Waals surface area contributed by atoms with Crippen molar-refractivity contribution < 1.29 is 0 Å². The third-order valence-electron chi connectivity index (χ3n) is 17.1. The number of aryl methyl sites for hydroxylation is 8. The Kier molecular flexibility index (Phi) is 10.2. The number of allylic oxidation sites excluding steroid dienone is 8. The van der Waals surface area contributed by atoms with Crippen molar-refractivity contribution in [2.45, 2.75) is 145 Å². The van der Waals surface area contributed by atoms with Crippen LogP contribution < -0.4 is 0 Å². The van der Waals surface area contributed by atoms with E-state index in [4.69, 9.17) is 0 Å². The lowest BCUT2D eigenvalue weighted by Gasteiger charge is -2.49. The molecule has 0 nitrogen and oxygen atoms in total. The molecule has 4 saturated carbocycles. The first kappa shape index (κ1) is 41.1. The zero-order valence-electron chi connectivity index (χ0n) is 39.7. The number of hydrogen-bond donors (Lipinski definition) is 0. The Morgan fingerprint density at radius 2 is 0.607 bits per heavy atom. The van der Waals surface area contributed by atoms with Crippen LogP contribution in [0.5, 0.6) is 0 Å². The summed E-state index contributed by atoms with van der Waals surface area (Å²) < 4.78 is 0. The van der Waals surface area contributed by atoms with Crippen molar-refractivity contribution in [1.82, 2.24) is 0 Å². The van der Waals surface area contributed by atoms with Crippen molar-refractivity contribution in [3.05, 3.63) is 162 Å². The van der Waals surface area contributed by atoms with Crippen molar-refractivity contribution in [2.24, 2.45) is 35.5 Å². The summed E-state index contributed by atoms with van der Waals surface area (Å²) in [5, 5.41) is 0. The first-order chi connectivity index (χ1) is 29.1. The van der Waals surface area contributed by atoms with E-state index < -0.39 is 8.07 Å². The van der Waals surface area contributed by atoms with E-state index in [1.54, 1.807) is 55.7 Å². The molecule has 0 N–H and O–H groups in total. The number of hydrogen-bond acceptors (Lipinski definition) is 0. The summed E-state index contributed by atoms with van der Waals surface area (Å²) in [6.07, 6.45) is 10.2. The highest BCUT2D eigenvalue weighted by Crippen LogP contribution is 2.71. The van der Waals surface area contributed by atoms with Crippen LogP contribution in [0.4, 0.5) is 0 Å². The molecule has 0 amide bonds. The minimum absolute atomic E-state index is 0.564. The van der Waals surface area contributed by atoms with Gasteiger partial charge in [-0.2, -0.15) is 0 Å². The molecule has 10 rings (SSSR count). The minimum Gasteiger partial charge on any atom is -0.0689 e. The predicted molar refractivity (Wildman–Crippen MR) is 266 cm³/mol. The molecule has 8 atom stereocenters. The Morgan fingerprint density at radius 1 is 0.361 bits per heavy atom. The van der Waals surface area contributed by atoms with Gasteiger partial charge in [-0.15, -0.1) is 0 Å². The van der Waals surface area contributed by atoms with E-state index in [9.17, 15) is 0 Å². The molecule has 4 fully saturated rings. The SMILES string of the molecule is Cc1cc(C)cc(C2=C3CCCC3=C(c3cc(C)cc(C)c3)C3C2CC(C)C3[Si](C)(C)C2C(C)CC3C(c4cc(C)cc(C)c4)=C4CCCC4=C(c4cc(C)cc(C)c4)C32)c1. The highest BCUT2D eigenvalue weighted by molar-refractivity contribution is 6.81. The first-order valence-electron chi connectivity index (χ1n) is 24.4. The number of rotatable bonds is 6. The van der Waals surface area contributed by atoms with Gasteiger partial charge < -0.3 is 0 Å². The molecule has 0 aromatic heterocycles. The van der Waals surface area contributed by atoms with Crippen LogP contribution in [0.25, 0.3) is 22.3 Å². The lowest BCUT2D eigenvalue weighted by atomic mass is 9.69. The van der Waals surface area contributed by atoms with E-state index in [1.807, 2.05) is 0 Å². The maximum absolute atomic E-state index is 2.93. The molecular weight excluding hydrogens is 749 g/mol. The number of benzene rings is 4. The highest BCUT2D eigenvalue weighted by atomic mass is 28.3. The summed E-state index contributed by atoms with van der Waals surface area (Å²) in [4.78, 5) is 0. The maximum Gasteiger partial charge on any atom is 0.0553 e. The summed E-state index contributed by atoms with van der Waals surface area (Å²) in [5.74, 6) is 3.64. The Morgan fingerprint density at radius 3 is 0.885 bits per heavy atom. The van der Waals surface area contributed by atoms with Crippen molar-refractivity contribution >= 4 is 30.4 Å². The van der Waals surface area contributed by atoms with Crippen molar-refractivity contribution in [1.29, 1.82) is 0 Å². The summed E-state index contributed by atoms with van der Waals surface area (Å²) in [5.41, 5.74) is 32.9. The molecule has 4 aromatic rings. The van der Waals surface area contributed by atoms with Crippen LogP contribution in [0.15, 0.2) is 95.1 Å². The summed E-state index contributed by atoms with van der Waals surface area (Å²) >= 11 is 0. The summed E-state index contributed by atoms with van der Waals surface area (Å²) in [7, 11) is -2.09. The summed E-state index contributed by atoms with van der Waals surface area (Å²) in [6.45, 7) is 30.0. The molecule has 6 aliphatic carbocycles. The topological polar surface area (TPSA) is 0 Å². The zero-order valence-corrected chi connectivity index (χ0v) is 40.7. The van der Waals surface area contributed by atoms with Gasteiger partial charge in [-0.3, -0.25) is 0 Å². The fourth-order valence-electron chi connectivity index (χ4n) is 16.1. The Bertz CT molecular complexity index is 2350. The minimum atomic E-state index is -2.09. The smallest absolute Gasteiger partial charge is 0.0553 e. The molecule has 61 heavy (non-hydrogen) atoms. The largest absolute Gasteiger partial charge is 0.0689 e. The van der Waals surface area contributed by atoms with E-state index in [-0.39, 0.29) is 0 Å². The van der Waals surface area contributed by atoms with Crippen molar-refractivity contribution in [3.8, 4) is 0 Å². The monoisotopic (exact) mass is 821 g/mol. The molecular formula is C60H72Si. The van der Waals surface area contributed by atoms with Crippen LogP contribution in [-0.2, 0) is 0 Å². The Balaban J connectivity index is 1.19. The third kappa shape index (κ3) is 6.73. The van der Waals surface area contributed by atoms with Crippen LogP contribution in [0.1, 0.15) is 132 Å². The Labute approximate surface area is 370 Å². The van der Waals surface area contributed by atoms with Crippen LogP contribution in [-0.4, -0.2) is 8.07 Å². The number of fused-ring (bicyclic) bond motifs is 4. The molecule has 0 saturated heterocycles. The molecule has 0 radical (unpaired) electrons. The first-order valence-corrected chi connectivity index (χ1v) is 27.5. The van der Waals surface area contributed by atoms with Crippen LogP contribution in [0.2, 0.25) is 24.2 Å². The molecule has 0 spiro atoms. The van der Waals surface area contributed by atoms with Gasteiger partial charge in [0.25, 0.3) is 0 Å². The average Bonchev–Trinajstić information content (AvgIpc) is 3.96. The van der Waals surface area contributed by atoms with Crippen LogP contribution in [0.3, 0.4) is 0 Å². The standard InChI is InChI=1S/C60H72Si/c1-33-19-34(2)24-43(23-33)53-47-15-13-17-49(47)55(45-27-37(5)21-38(6)28-45)57-51(53)31-41(9)59(57)61(11,12)60-42(10)32-52-54(44-25-35(3)20-36(4)26-44)48-16-14-18-50(48)56(58(52)60)46-29-39(7)22-40(8)30-46/h19-30,41-42,51-52,57-60H,13-18,31-32H2,1-12H3. The highest BCUT2D eigenvalue weighted by Gasteiger charge is 2.62. The van der Waals surface area contributed by atoms with E-state index >= 15 is 0 Å². The second-order valence-electron chi connectivity index (χ2n) is 22.3. The molecule has 8 unspecified atom stereocenters. The fraction of sp³-hybridized carbons (Fsp3) is 0.467. The predicted octanol–water partition coefficient (Wildman–Crippen LogP) is 16.7. The van der Waals surface area contributed by atoms with Gasteiger partial charge in [0.1, 0.15) is 0 Å².